The Morgan fingerprint density at radius 3 is 2.53 bits per heavy atom. The van der Waals surface area contributed by atoms with Crippen molar-refractivity contribution in [2.75, 3.05) is 0 Å². The van der Waals surface area contributed by atoms with E-state index in [1.807, 2.05) is 23.8 Å². The first-order valence-corrected chi connectivity index (χ1v) is 8.22. The maximum absolute atomic E-state index is 12.1. The molecule has 0 saturated carbocycles. The van der Waals surface area contributed by atoms with Gasteiger partial charge in [-0.3, -0.25) is 0 Å². The summed E-state index contributed by atoms with van der Waals surface area (Å²) in [5, 5.41) is 13.1. The van der Waals surface area contributed by atoms with E-state index in [0.29, 0.717) is 6.42 Å². The number of phenols is 1. The quantitative estimate of drug-likeness (QED) is 0.890. The zero-order chi connectivity index (χ0) is 13.9. The predicted octanol–water partition coefficient (Wildman–Crippen LogP) is 2.36. The van der Waals surface area contributed by atoms with Gasteiger partial charge in [0.1, 0.15) is 5.75 Å². The number of aromatic hydroxyl groups is 1. The molecule has 1 aromatic carbocycles. The van der Waals surface area contributed by atoms with Crippen LogP contribution in [0.15, 0.2) is 46.0 Å². The number of benzene rings is 1. The number of hydrogen-bond donors (Lipinski definition) is 2. The Balaban J connectivity index is 2.06. The van der Waals surface area contributed by atoms with Gasteiger partial charge in [0.2, 0.25) is 10.0 Å². The highest BCUT2D eigenvalue weighted by molar-refractivity contribution is 7.89. The molecule has 0 radical (unpaired) electrons. The van der Waals surface area contributed by atoms with Gasteiger partial charge in [-0.25, -0.2) is 13.1 Å². The van der Waals surface area contributed by atoms with E-state index < -0.39 is 10.0 Å². The van der Waals surface area contributed by atoms with Crippen molar-refractivity contribution in [3.05, 3.63) is 46.7 Å². The number of nitrogens with one attached hydrogen (secondary N) is 1. The molecule has 0 bridgehead atoms. The van der Waals surface area contributed by atoms with Gasteiger partial charge in [-0.15, -0.1) is 0 Å². The summed E-state index contributed by atoms with van der Waals surface area (Å²) >= 11 is 1.59. The van der Waals surface area contributed by atoms with Gasteiger partial charge in [0.25, 0.3) is 0 Å². The van der Waals surface area contributed by atoms with Gasteiger partial charge in [-0.2, -0.15) is 11.3 Å². The van der Waals surface area contributed by atoms with Crippen LogP contribution >= 0.6 is 11.3 Å². The van der Waals surface area contributed by atoms with Crippen molar-refractivity contribution < 1.29 is 13.5 Å². The van der Waals surface area contributed by atoms with Crippen LogP contribution in [0.1, 0.15) is 12.5 Å². The molecule has 1 heterocycles. The lowest BCUT2D eigenvalue weighted by Crippen LogP contribution is -2.33. The monoisotopic (exact) mass is 297 g/mol. The maximum atomic E-state index is 12.1. The molecule has 0 spiro atoms. The topological polar surface area (TPSA) is 66.4 Å². The van der Waals surface area contributed by atoms with E-state index in [9.17, 15) is 8.42 Å². The summed E-state index contributed by atoms with van der Waals surface area (Å²) in [4.78, 5) is 0.155. The average Bonchev–Trinajstić information content (AvgIpc) is 2.81. The maximum Gasteiger partial charge on any atom is 0.240 e. The molecule has 1 aromatic heterocycles. The van der Waals surface area contributed by atoms with Crippen LogP contribution < -0.4 is 4.72 Å². The van der Waals surface area contributed by atoms with E-state index in [2.05, 4.69) is 4.72 Å². The average molecular weight is 297 g/mol. The second-order valence-corrected chi connectivity index (χ2v) is 6.85. The van der Waals surface area contributed by atoms with Crippen molar-refractivity contribution in [2.24, 2.45) is 0 Å². The summed E-state index contributed by atoms with van der Waals surface area (Å²) < 4.78 is 26.8. The van der Waals surface area contributed by atoms with Crippen LogP contribution in [0.4, 0.5) is 0 Å². The van der Waals surface area contributed by atoms with Crippen LogP contribution in [0, 0.1) is 0 Å². The van der Waals surface area contributed by atoms with Gasteiger partial charge >= 0.3 is 0 Å². The van der Waals surface area contributed by atoms with Gasteiger partial charge in [0.15, 0.2) is 0 Å². The third-order valence-corrected chi connectivity index (χ3v) is 4.96. The molecule has 19 heavy (non-hydrogen) atoms. The van der Waals surface area contributed by atoms with Gasteiger partial charge < -0.3 is 5.11 Å². The molecule has 0 aliphatic rings. The third-order valence-electron chi connectivity index (χ3n) is 2.63. The number of hydrogen-bond acceptors (Lipinski definition) is 4. The Labute approximate surface area is 116 Å². The second-order valence-electron chi connectivity index (χ2n) is 4.35. The van der Waals surface area contributed by atoms with Gasteiger partial charge in [-0.05, 0) is 60.0 Å². The summed E-state index contributed by atoms with van der Waals surface area (Å²) in [7, 11) is -3.54. The highest BCUT2D eigenvalue weighted by Crippen LogP contribution is 2.15. The Morgan fingerprint density at radius 1 is 1.26 bits per heavy atom. The number of thiophene rings is 1. The van der Waals surface area contributed by atoms with Crippen LogP contribution in [0.2, 0.25) is 0 Å². The Kier molecular flexibility index (Phi) is 4.24. The van der Waals surface area contributed by atoms with Crippen LogP contribution in [0.25, 0.3) is 0 Å². The summed E-state index contributed by atoms with van der Waals surface area (Å²) in [6.45, 7) is 1.83. The number of sulfonamides is 1. The van der Waals surface area contributed by atoms with E-state index in [1.165, 1.54) is 24.3 Å². The highest BCUT2D eigenvalue weighted by atomic mass is 32.2. The standard InChI is InChI=1S/C13H15NO3S2/c1-10(8-11-6-7-18-9-11)14-19(16,17)13-4-2-12(15)3-5-13/h2-7,9-10,14-15H,8H2,1H3. The highest BCUT2D eigenvalue weighted by Gasteiger charge is 2.17. The van der Waals surface area contributed by atoms with Crippen LogP contribution in [0.5, 0.6) is 5.75 Å². The van der Waals surface area contributed by atoms with Crippen molar-refractivity contribution in [3.63, 3.8) is 0 Å². The summed E-state index contributed by atoms with van der Waals surface area (Å²) in [5.41, 5.74) is 1.12. The smallest absolute Gasteiger partial charge is 0.240 e. The third kappa shape index (κ3) is 3.79. The molecule has 2 rings (SSSR count). The normalized spacial score (nSPS) is 13.3. The van der Waals surface area contributed by atoms with Gasteiger partial charge in [0, 0.05) is 6.04 Å². The van der Waals surface area contributed by atoms with Gasteiger partial charge in [0.05, 0.1) is 4.90 Å². The van der Waals surface area contributed by atoms with Crippen molar-refractivity contribution in [3.8, 4) is 5.75 Å². The minimum atomic E-state index is -3.54. The molecule has 0 amide bonds. The SMILES string of the molecule is CC(Cc1ccsc1)NS(=O)(=O)c1ccc(O)cc1. The fourth-order valence-corrected chi connectivity index (χ4v) is 3.69. The van der Waals surface area contributed by atoms with E-state index in [1.54, 1.807) is 11.3 Å². The lowest BCUT2D eigenvalue weighted by Gasteiger charge is -2.13. The Hall–Kier alpha value is -1.37. The molecule has 2 aromatic rings. The zero-order valence-corrected chi connectivity index (χ0v) is 12.0. The summed E-state index contributed by atoms with van der Waals surface area (Å²) in [6.07, 6.45) is 0.654. The van der Waals surface area contributed by atoms with Crippen LogP contribution in [-0.2, 0) is 16.4 Å². The summed E-state index contributed by atoms with van der Waals surface area (Å²) in [5.74, 6) is 0.0465. The minimum Gasteiger partial charge on any atom is -0.508 e. The molecule has 0 aliphatic heterocycles. The minimum absolute atomic E-state index is 0.0465. The van der Waals surface area contributed by atoms with Crippen molar-refractivity contribution in [2.45, 2.75) is 24.3 Å². The molecule has 6 heteroatoms. The second kappa shape index (κ2) is 5.73. The molecule has 102 valence electrons. The molecule has 1 atom stereocenters. The largest absolute Gasteiger partial charge is 0.508 e. The molecule has 1 unspecified atom stereocenters. The first kappa shape index (κ1) is 14.0. The van der Waals surface area contributed by atoms with Crippen LogP contribution in [0.3, 0.4) is 0 Å². The fourth-order valence-electron chi connectivity index (χ4n) is 1.76. The van der Waals surface area contributed by atoms with Crippen LogP contribution in [-0.4, -0.2) is 19.6 Å². The molecule has 0 fully saturated rings. The molecular weight excluding hydrogens is 282 g/mol. The van der Waals surface area contributed by atoms with Gasteiger partial charge in [-0.1, -0.05) is 0 Å². The number of rotatable bonds is 5. The van der Waals surface area contributed by atoms with E-state index in [-0.39, 0.29) is 16.7 Å². The Bertz CT molecular complexity index is 618. The zero-order valence-electron chi connectivity index (χ0n) is 10.4. The molecule has 0 saturated heterocycles. The lowest BCUT2D eigenvalue weighted by molar-refractivity contribution is 0.474. The van der Waals surface area contributed by atoms with Crippen molar-refractivity contribution >= 4 is 21.4 Å². The van der Waals surface area contributed by atoms with Crippen molar-refractivity contribution in [1.29, 1.82) is 0 Å². The fraction of sp³-hybridized carbons (Fsp3) is 0.231. The number of phenolic OH excluding ortho intramolecular Hbond substituents is 1. The van der Waals surface area contributed by atoms with E-state index in [4.69, 9.17) is 5.11 Å². The first-order chi connectivity index (χ1) is 8.97. The van der Waals surface area contributed by atoms with Crippen molar-refractivity contribution in [1.82, 2.24) is 4.72 Å². The molecular formula is C13H15NO3S2. The summed E-state index contributed by atoms with van der Waals surface area (Å²) in [6, 6.07) is 7.28. The lowest BCUT2D eigenvalue weighted by atomic mass is 10.1. The molecule has 0 aliphatic carbocycles. The molecule has 2 N–H and O–H groups in total. The predicted molar refractivity (Wildman–Crippen MR) is 75.9 cm³/mol. The van der Waals surface area contributed by atoms with E-state index >= 15 is 0 Å². The first-order valence-electron chi connectivity index (χ1n) is 5.80. The molecule has 4 nitrogen and oxygen atoms in total. The Morgan fingerprint density at radius 2 is 1.95 bits per heavy atom. The van der Waals surface area contributed by atoms with E-state index in [0.717, 1.165) is 5.56 Å².